The van der Waals surface area contributed by atoms with E-state index in [-0.39, 0.29) is 16.8 Å². The van der Waals surface area contributed by atoms with Crippen LogP contribution < -0.4 is 5.32 Å². The fourth-order valence-corrected chi connectivity index (χ4v) is 5.25. The number of halogens is 1. The molecule has 0 saturated carbocycles. The normalized spacial score (nSPS) is 18.0. The number of hydrogen-bond acceptors (Lipinski definition) is 4. The molecule has 0 bridgehead atoms. The minimum Gasteiger partial charge on any atom is -0.378 e. The van der Waals surface area contributed by atoms with Crippen LogP contribution in [0.15, 0.2) is 47.4 Å². The minimum atomic E-state index is -3.61. The second kappa shape index (κ2) is 8.89. The quantitative estimate of drug-likeness (QED) is 0.619. The fourth-order valence-electron chi connectivity index (χ4n) is 3.07. The number of morpholine rings is 1. The third kappa shape index (κ3) is 4.56. The number of aryl methyl sites for hydroxylation is 1. The molecule has 3 rings (SSSR count). The van der Waals surface area contributed by atoms with Crippen LogP contribution in [0.5, 0.6) is 0 Å². The second-order valence-corrected chi connectivity index (χ2v) is 9.75. The van der Waals surface area contributed by atoms with Crippen molar-refractivity contribution >= 4 is 44.2 Å². The van der Waals surface area contributed by atoms with Crippen molar-refractivity contribution in [2.75, 3.05) is 25.1 Å². The molecule has 1 atom stereocenters. The van der Waals surface area contributed by atoms with Crippen molar-refractivity contribution in [3.8, 4) is 0 Å². The van der Waals surface area contributed by atoms with Crippen LogP contribution in [0.2, 0.25) is 0 Å². The minimum absolute atomic E-state index is 0.161. The molecule has 0 aromatic heterocycles. The van der Waals surface area contributed by atoms with Gasteiger partial charge >= 0.3 is 0 Å². The van der Waals surface area contributed by atoms with Crippen molar-refractivity contribution < 1.29 is 17.9 Å². The largest absolute Gasteiger partial charge is 0.378 e. The van der Waals surface area contributed by atoms with Gasteiger partial charge in [-0.05, 0) is 77.9 Å². The molecule has 2 aromatic rings. The number of rotatable bonds is 5. The van der Waals surface area contributed by atoms with E-state index in [9.17, 15) is 13.2 Å². The van der Waals surface area contributed by atoms with Gasteiger partial charge in [0.1, 0.15) is 0 Å². The van der Waals surface area contributed by atoms with Gasteiger partial charge in [0.15, 0.2) is 0 Å². The van der Waals surface area contributed by atoms with E-state index in [1.807, 2.05) is 32.0 Å². The summed E-state index contributed by atoms with van der Waals surface area (Å²) >= 11 is 2.22. The maximum atomic E-state index is 13.0. The van der Waals surface area contributed by atoms with E-state index >= 15 is 0 Å². The van der Waals surface area contributed by atoms with Crippen LogP contribution in [-0.4, -0.2) is 44.4 Å². The third-order valence-corrected chi connectivity index (χ3v) is 7.93. The Kier molecular flexibility index (Phi) is 6.74. The Balaban J connectivity index is 1.76. The number of carbonyl (C=O) groups excluding carboxylic acids is 1. The lowest BCUT2D eigenvalue weighted by atomic mass is 10.2. The van der Waals surface area contributed by atoms with E-state index in [1.165, 1.54) is 16.4 Å². The highest BCUT2D eigenvalue weighted by Crippen LogP contribution is 2.23. The van der Waals surface area contributed by atoms with Crippen LogP contribution >= 0.6 is 22.6 Å². The average Bonchev–Trinajstić information content (AvgIpc) is 2.70. The highest BCUT2D eigenvalue weighted by Gasteiger charge is 2.33. The number of carbonyl (C=O) groups is 1. The van der Waals surface area contributed by atoms with E-state index in [1.54, 1.807) is 12.1 Å². The predicted molar refractivity (Wildman–Crippen MR) is 117 cm³/mol. The van der Waals surface area contributed by atoms with Gasteiger partial charge in [-0.3, -0.25) is 4.79 Å². The molecule has 0 radical (unpaired) electrons. The molecule has 28 heavy (non-hydrogen) atoms. The van der Waals surface area contributed by atoms with E-state index in [0.29, 0.717) is 37.4 Å². The van der Waals surface area contributed by atoms with Crippen LogP contribution in [0.25, 0.3) is 0 Å². The summed E-state index contributed by atoms with van der Waals surface area (Å²) in [4.78, 5) is 12.7. The number of nitrogens with one attached hydrogen (secondary N) is 1. The van der Waals surface area contributed by atoms with Gasteiger partial charge in [0.25, 0.3) is 5.91 Å². The highest BCUT2D eigenvalue weighted by molar-refractivity contribution is 14.1. The molecular formula is C20H23IN2O4S. The number of ether oxygens (including phenoxy) is 1. The van der Waals surface area contributed by atoms with Gasteiger partial charge in [-0.25, -0.2) is 8.42 Å². The first-order valence-corrected chi connectivity index (χ1v) is 11.6. The molecule has 2 aromatic carbocycles. The fraction of sp³-hybridized carbons (Fsp3) is 0.350. The van der Waals surface area contributed by atoms with Crippen LogP contribution in [-0.2, 0) is 14.8 Å². The first kappa shape index (κ1) is 21.2. The number of amides is 1. The van der Waals surface area contributed by atoms with Crippen molar-refractivity contribution in [1.82, 2.24) is 4.31 Å². The standard InChI is InChI=1S/C20H23IN2O4S/c1-3-17-13-27-11-10-23(17)28(25,26)18-8-5-15(6-9-18)20(24)22-16-7-4-14(2)19(21)12-16/h4-9,12,17H,3,10-11,13H2,1-2H3,(H,22,24). The molecule has 1 amide bonds. The summed E-state index contributed by atoms with van der Waals surface area (Å²) in [5, 5.41) is 2.84. The molecule has 0 spiro atoms. The Morgan fingerprint density at radius 1 is 1.25 bits per heavy atom. The average molecular weight is 514 g/mol. The van der Waals surface area contributed by atoms with Crippen LogP contribution in [0.3, 0.4) is 0 Å². The van der Waals surface area contributed by atoms with Crippen molar-refractivity contribution in [3.05, 3.63) is 57.2 Å². The number of nitrogens with zero attached hydrogens (tertiary/aromatic N) is 1. The molecule has 1 heterocycles. The highest BCUT2D eigenvalue weighted by atomic mass is 127. The van der Waals surface area contributed by atoms with Crippen molar-refractivity contribution in [1.29, 1.82) is 0 Å². The molecule has 1 aliphatic rings. The lowest BCUT2D eigenvalue weighted by Crippen LogP contribution is -2.48. The first-order chi connectivity index (χ1) is 13.3. The molecule has 1 unspecified atom stereocenters. The van der Waals surface area contributed by atoms with Crippen LogP contribution in [0.4, 0.5) is 5.69 Å². The van der Waals surface area contributed by atoms with Gasteiger partial charge in [0, 0.05) is 27.4 Å². The lowest BCUT2D eigenvalue weighted by molar-refractivity contribution is 0.0314. The molecule has 0 aliphatic carbocycles. The Morgan fingerprint density at radius 2 is 1.96 bits per heavy atom. The maximum absolute atomic E-state index is 13.0. The Labute approximate surface area is 179 Å². The second-order valence-electron chi connectivity index (χ2n) is 6.70. The molecule has 8 heteroatoms. The summed E-state index contributed by atoms with van der Waals surface area (Å²) in [6.45, 7) is 5.10. The zero-order valence-electron chi connectivity index (χ0n) is 15.8. The Morgan fingerprint density at radius 3 is 2.61 bits per heavy atom. The SMILES string of the molecule is CCC1COCCN1S(=O)(=O)c1ccc(C(=O)Nc2ccc(C)c(I)c2)cc1. The summed E-state index contributed by atoms with van der Waals surface area (Å²) in [6, 6.07) is 11.6. The van der Waals surface area contributed by atoms with E-state index in [2.05, 4.69) is 27.9 Å². The lowest BCUT2D eigenvalue weighted by Gasteiger charge is -2.33. The van der Waals surface area contributed by atoms with Gasteiger partial charge in [0.2, 0.25) is 10.0 Å². The van der Waals surface area contributed by atoms with Crippen molar-refractivity contribution in [2.45, 2.75) is 31.2 Å². The predicted octanol–water partition coefficient (Wildman–Crippen LogP) is 3.65. The topological polar surface area (TPSA) is 75.7 Å². The molecule has 6 nitrogen and oxygen atoms in total. The van der Waals surface area contributed by atoms with E-state index < -0.39 is 10.0 Å². The zero-order valence-corrected chi connectivity index (χ0v) is 18.8. The Bertz CT molecular complexity index is 961. The molecule has 1 aliphatic heterocycles. The number of benzene rings is 2. The summed E-state index contributed by atoms with van der Waals surface area (Å²) in [5.74, 6) is -0.276. The third-order valence-electron chi connectivity index (χ3n) is 4.80. The Hall–Kier alpha value is -1.49. The smallest absolute Gasteiger partial charge is 0.255 e. The molecule has 1 N–H and O–H groups in total. The maximum Gasteiger partial charge on any atom is 0.255 e. The summed E-state index contributed by atoms with van der Waals surface area (Å²) in [5.41, 5.74) is 2.25. The number of hydrogen-bond donors (Lipinski definition) is 1. The number of sulfonamides is 1. The molecule has 1 saturated heterocycles. The first-order valence-electron chi connectivity index (χ1n) is 9.10. The molecular weight excluding hydrogens is 491 g/mol. The van der Waals surface area contributed by atoms with Gasteiger partial charge in [-0.2, -0.15) is 4.31 Å². The van der Waals surface area contributed by atoms with Crippen LogP contribution in [0.1, 0.15) is 29.3 Å². The van der Waals surface area contributed by atoms with Crippen molar-refractivity contribution in [3.63, 3.8) is 0 Å². The van der Waals surface area contributed by atoms with Crippen LogP contribution in [0, 0.1) is 10.5 Å². The van der Waals surface area contributed by atoms with Gasteiger partial charge in [0.05, 0.1) is 18.1 Å². The zero-order chi connectivity index (χ0) is 20.3. The summed E-state index contributed by atoms with van der Waals surface area (Å²) in [6.07, 6.45) is 0.690. The molecule has 150 valence electrons. The van der Waals surface area contributed by atoms with Crippen molar-refractivity contribution in [2.24, 2.45) is 0 Å². The monoisotopic (exact) mass is 514 g/mol. The van der Waals surface area contributed by atoms with E-state index in [0.717, 1.165) is 9.13 Å². The van der Waals surface area contributed by atoms with Gasteiger partial charge in [-0.15, -0.1) is 0 Å². The number of anilines is 1. The van der Waals surface area contributed by atoms with Gasteiger partial charge < -0.3 is 10.1 Å². The molecule has 1 fully saturated rings. The summed E-state index contributed by atoms with van der Waals surface area (Å²) in [7, 11) is -3.61. The van der Waals surface area contributed by atoms with Gasteiger partial charge in [-0.1, -0.05) is 13.0 Å². The van der Waals surface area contributed by atoms with E-state index in [4.69, 9.17) is 4.74 Å². The summed E-state index contributed by atoms with van der Waals surface area (Å²) < 4.78 is 33.9.